The second-order valence-corrected chi connectivity index (χ2v) is 4.57. The van der Waals surface area contributed by atoms with E-state index in [1.54, 1.807) is 11.4 Å². The molecule has 0 spiro atoms. The van der Waals surface area contributed by atoms with E-state index in [9.17, 15) is 5.11 Å². The van der Waals surface area contributed by atoms with Gasteiger partial charge >= 0.3 is 0 Å². The maximum absolute atomic E-state index is 9.50. The van der Waals surface area contributed by atoms with Crippen molar-refractivity contribution in [1.82, 2.24) is 0 Å². The maximum atomic E-state index is 9.50. The Morgan fingerprint density at radius 2 is 2.23 bits per heavy atom. The lowest BCUT2D eigenvalue weighted by molar-refractivity contribution is 0.482. The first-order chi connectivity index (χ1) is 6.24. The van der Waals surface area contributed by atoms with E-state index in [0.29, 0.717) is 5.56 Å². The highest BCUT2D eigenvalue weighted by Gasteiger charge is 2.09. The summed E-state index contributed by atoms with van der Waals surface area (Å²) < 4.78 is 1.80. The number of nitrogens with zero attached hydrogens (tertiary/aromatic N) is 1. The second-order valence-electron chi connectivity index (χ2n) is 2.53. The van der Waals surface area contributed by atoms with Gasteiger partial charge < -0.3 is 5.11 Å². The van der Waals surface area contributed by atoms with Crippen LogP contribution in [0.2, 0.25) is 0 Å². The minimum absolute atomic E-state index is 0.252. The van der Waals surface area contributed by atoms with Gasteiger partial charge in [-0.05, 0) is 34.7 Å². The van der Waals surface area contributed by atoms with Crippen molar-refractivity contribution in [3.63, 3.8) is 0 Å². The molecule has 2 aromatic rings. The van der Waals surface area contributed by atoms with Gasteiger partial charge in [-0.2, -0.15) is 5.26 Å². The number of rotatable bonds is 0. The third kappa shape index (κ3) is 1.28. The van der Waals surface area contributed by atoms with Crippen molar-refractivity contribution in [2.45, 2.75) is 0 Å². The third-order valence-corrected chi connectivity index (χ3v) is 3.67. The molecule has 0 saturated heterocycles. The average molecular weight is 301 g/mol. The molecule has 0 saturated carbocycles. The van der Waals surface area contributed by atoms with Gasteiger partial charge in [0.2, 0.25) is 0 Å². The number of thiophene rings is 1. The number of phenolic OH excluding ortho intramolecular Hbond substituents is 1. The monoisotopic (exact) mass is 301 g/mol. The van der Waals surface area contributed by atoms with Crippen LogP contribution >= 0.6 is 33.9 Å². The Balaban J connectivity index is 2.98. The van der Waals surface area contributed by atoms with Crippen molar-refractivity contribution in [2.24, 2.45) is 0 Å². The molecule has 0 aliphatic rings. The van der Waals surface area contributed by atoms with Gasteiger partial charge in [0.25, 0.3) is 0 Å². The molecule has 1 aromatic carbocycles. The lowest BCUT2D eigenvalue weighted by Crippen LogP contribution is -1.76. The molecule has 0 fully saturated rings. The third-order valence-electron chi connectivity index (χ3n) is 1.77. The molecule has 0 amide bonds. The molecule has 0 radical (unpaired) electrons. The molecule has 13 heavy (non-hydrogen) atoms. The summed E-state index contributed by atoms with van der Waals surface area (Å²) in [5.74, 6) is 0.252. The van der Waals surface area contributed by atoms with Crippen molar-refractivity contribution < 1.29 is 5.11 Å². The van der Waals surface area contributed by atoms with Crippen LogP contribution in [0.15, 0.2) is 17.5 Å². The Morgan fingerprint density at radius 1 is 1.46 bits per heavy atom. The number of nitriles is 1. The number of hydrogen-bond donors (Lipinski definition) is 1. The molecule has 0 aliphatic carbocycles. The van der Waals surface area contributed by atoms with Crippen molar-refractivity contribution in [2.75, 3.05) is 0 Å². The summed E-state index contributed by atoms with van der Waals surface area (Å²) in [6.07, 6.45) is 0. The van der Waals surface area contributed by atoms with Crippen LogP contribution < -0.4 is 0 Å². The zero-order valence-electron chi connectivity index (χ0n) is 6.41. The molecule has 4 heteroatoms. The molecule has 0 atom stereocenters. The fourth-order valence-corrected chi connectivity index (χ4v) is 3.03. The highest BCUT2D eigenvalue weighted by Crippen LogP contribution is 2.35. The molecule has 1 N–H and O–H groups in total. The van der Waals surface area contributed by atoms with Crippen molar-refractivity contribution >= 4 is 44.0 Å². The minimum Gasteiger partial charge on any atom is -0.506 e. The standard InChI is InChI=1S/C9H4INOS/c10-6-1-2-7(12)9-8(6)5(3-11)4-13-9/h1-2,4,12H. The SMILES string of the molecule is N#Cc1csc2c(O)ccc(I)c12. The molecule has 0 aliphatic heterocycles. The Hall–Kier alpha value is -0.800. The second kappa shape index (κ2) is 3.16. The van der Waals surface area contributed by atoms with Crippen LogP contribution in [0.3, 0.4) is 0 Å². The number of fused-ring (bicyclic) bond motifs is 1. The molecule has 1 heterocycles. The summed E-state index contributed by atoms with van der Waals surface area (Å²) in [6, 6.07) is 5.58. The fourth-order valence-electron chi connectivity index (χ4n) is 1.18. The molecular weight excluding hydrogens is 297 g/mol. The van der Waals surface area contributed by atoms with Crippen molar-refractivity contribution in [1.29, 1.82) is 5.26 Å². The largest absolute Gasteiger partial charge is 0.506 e. The smallest absolute Gasteiger partial charge is 0.133 e. The van der Waals surface area contributed by atoms with Gasteiger partial charge in [0.1, 0.15) is 11.8 Å². The molecule has 64 valence electrons. The van der Waals surface area contributed by atoms with Crippen LogP contribution in [0.4, 0.5) is 0 Å². The Morgan fingerprint density at radius 3 is 2.92 bits per heavy atom. The number of phenols is 1. The highest BCUT2D eigenvalue weighted by atomic mass is 127. The first kappa shape index (κ1) is 8.78. The predicted molar refractivity (Wildman–Crippen MR) is 60.9 cm³/mol. The quantitative estimate of drug-likeness (QED) is 0.760. The average Bonchev–Trinajstić information content (AvgIpc) is 2.56. The lowest BCUT2D eigenvalue weighted by Gasteiger charge is -1.96. The summed E-state index contributed by atoms with van der Waals surface area (Å²) in [5, 5.41) is 21.0. The maximum Gasteiger partial charge on any atom is 0.133 e. The van der Waals surface area contributed by atoms with E-state index in [4.69, 9.17) is 5.26 Å². The fraction of sp³-hybridized carbons (Fsp3) is 0. The predicted octanol–water partition coefficient (Wildman–Crippen LogP) is 3.08. The zero-order valence-corrected chi connectivity index (χ0v) is 9.39. The van der Waals surface area contributed by atoms with E-state index in [1.807, 2.05) is 6.07 Å². The van der Waals surface area contributed by atoms with Gasteiger partial charge in [0, 0.05) is 14.3 Å². The van der Waals surface area contributed by atoms with Crippen LogP contribution in [-0.4, -0.2) is 5.11 Å². The first-order valence-electron chi connectivity index (χ1n) is 3.53. The Bertz CT molecular complexity index is 512. The van der Waals surface area contributed by atoms with Crippen LogP contribution in [-0.2, 0) is 0 Å². The van der Waals surface area contributed by atoms with Gasteiger partial charge in [-0.25, -0.2) is 0 Å². The van der Waals surface area contributed by atoms with Crippen LogP contribution in [0.1, 0.15) is 5.56 Å². The summed E-state index contributed by atoms with van der Waals surface area (Å²) in [6.45, 7) is 0. The first-order valence-corrected chi connectivity index (χ1v) is 5.48. The summed E-state index contributed by atoms with van der Waals surface area (Å²) in [5.41, 5.74) is 0.639. The van der Waals surface area contributed by atoms with E-state index >= 15 is 0 Å². The van der Waals surface area contributed by atoms with E-state index in [0.717, 1.165) is 13.7 Å². The van der Waals surface area contributed by atoms with Gasteiger partial charge in [0.05, 0.1) is 10.3 Å². The molecular formula is C9H4INOS. The van der Waals surface area contributed by atoms with Crippen LogP contribution in [0.25, 0.3) is 10.1 Å². The van der Waals surface area contributed by atoms with Crippen molar-refractivity contribution in [3.05, 3.63) is 26.6 Å². The van der Waals surface area contributed by atoms with Gasteiger partial charge in [0.15, 0.2) is 0 Å². The normalized spacial score (nSPS) is 10.2. The molecule has 0 unspecified atom stereocenters. The number of benzene rings is 1. The van der Waals surface area contributed by atoms with Gasteiger partial charge in [-0.15, -0.1) is 11.3 Å². The van der Waals surface area contributed by atoms with Gasteiger partial charge in [-0.1, -0.05) is 0 Å². The topological polar surface area (TPSA) is 44.0 Å². The molecule has 2 rings (SSSR count). The van der Waals surface area contributed by atoms with Crippen molar-refractivity contribution in [3.8, 4) is 11.8 Å². The summed E-state index contributed by atoms with van der Waals surface area (Å²) in [4.78, 5) is 0. The lowest BCUT2D eigenvalue weighted by atomic mass is 10.2. The van der Waals surface area contributed by atoms with E-state index in [-0.39, 0.29) is 5.75 Å². The highest BCUT2D eigenvalue weighted by molar-refractivity contribution is 14.1. The molecule has 1 aromatic heterocycles. The van der Waals surface area contributed by atoms with Gasteiger partial charge in [-0.3, -0.25) is 0 Å². The summed E-state index contributed by atoms with van der Waals surface area (Å²) >= 11 is 3.57. The zero-order chi connectivity index (χ0) is 9.42. The Kier molecular flexibility index (Phi) is 2.14. The number of hydrogen-bond acceptors (Lipinski definition) is 3. The summed E-state index contributed by atoms with van der Waals surface area (Å²) in [7, 11) is 0. The molecule has 0 bridgehead atoms. The number of aromatic hydroxyl groups is 1. The van der Waals surface area contributed by atoms with Crippen LogP contribution in [0.5, 0.6) is 5.75 Å². The van der Waals surface area contributed by atoms with E-state index < -0.39 is 0 Å². The Labute approximate surface area is 92.6 Å². The van der Waals surface area contributed by atoms with E-state index in [1.165, 1.54) is 11.3 Å². The minimum atomic E-state index is 0.252. The number of halogens is 1. The van der Waals surface area contributed by atoms with E-state index in [2.05, 4.69) is 28.7 Å². The van der Waals surface area contributed by atoms with Crippen LogP contribution in [0, 0.1) is 14.9 Å². The molecule has 2 nitrogen and oxygen atoms in total.